The number of rotatable bonds is 10. The first-order chi connectivity index (χ1) is 12.3. The van der Waals surface area contributed by atoms with Gasteiger partial charge in [0.2, 0.25) is 0 Å². The fourth-order valence-electron chi connectivity index (χ4n) is 2.39. The van der Waals surface area contributed by atoms with Crippen LogP contribution in [-0.4, -0.2) is 42.0 Å². The molecule has 25 heavy (non-hydrogen) atoms. The molecule has 0 bridgehead atoms. The van der Waals surface area contributed by atoms with Gasteiger partial charge < -0.3 is 15.4 Å². The minimum Gasteiger partial charge on any atom is -0.382 e. The summed E-state index contributed by atoms with van der Waals surface area (Å²) in [6.45, 7) is 5.83. The Labute approximate surface area is 150 Å². The zero-order chi connectivity index (χ0) is 17.7. The van der Waals surface area contributed by atoms with Crippen LogP contribution in [0.4, 0.5) is 0 Å². The fourth-order valence-corrected chi connectivity index (χ4v) is 2.39. The van der Waals surface area contributed by atoms with Crippen LogP contribution in [-0.2, 0) is 24.8 Å². The maximum atomic E-state index is 5.38. The van der Waals surface area contributed by atoms with E-state index < -0.39 is 0 Å². The Balaban J connectivity index is 1.81. The second-order valence-electron chi connectivity index (χ2n) is 5.83. The third-order valence-electron chi connectivity index (χ3n) is 3.69. The molecule has 0 amide bonds. The van der Waals surface area contributed by atoms with Crippen molar-refractivity contribution < 1.29 is 4.74 Å². The number of aryl methyl sites for hydroxylation is 1. The minimum atomic E-state index is 0.611. The van der Waals surface area contributed by atoms with Crippen LogP contribution in [0.25, 0.3) is 0 Å². The fraction of sp³-hybridized carbons (Fsp3) is 0.474. The second kappa shape index (κ2) is 11.3. The highest BCUT2D eigenvalue weighted by molar-refractivity contribution is 5.79. The standard InChI is InChI=1S/C19H29N5O/c1-3-25-13-7-11-20-19(22-14-18-15-23-24(2)16-18)21-12-10-17-8-5-4-6-9-17/h4-6,8-9,15-16H,3,7,10-14H2,1-2H3,(H2,20,21,22). The van der Waals surface area contributed by atoms with Crippen LogP contribution < -0.4 is 10.6 Å². The molecular formula is C19H29N5O. The molecule has 6 nitrogen and oxygen atoms in total. The average Bonchev–Trinajstić information content (AvgIpc) is 3.05. The number of nitrogens with zero attached hydrogens (tertiary/aromatic N) is 3. The van der Waals surface area contributed by atoms with E-state index in [1.807, 2.05) is 32.4 Å². The van der Waals surface area contributed by atoms with E-state index in [1.165, 1.54) is 5.56 Å². The van der Waals surface area contributed by atoms with Gasteiger partial charge in [-0.25, -0.2) is 4.99 Å². The van der Waals surface area contributed by atoms with Gasteiger partial charge in [-0.05, 0) is 25.3 Å². The number of hydrogen-bond donors (Lipinski definition) is 2. The van der Waals surface area contributed by atoms with Crippen molar-refractivity contribution in [2.45, 2.75) is 26.3 Å². The zero-order valence-electron chi connectivity index (χ0n) is 15.2. The van der Waals surface area contributed by atoms with E-state index in [9.17, 15) is 0 Å². The van der Waals surface area contributed by atoms with Gasteiger partial charge in [0, 0.05) is 45.1 Å². The molecule has 0 aliphatic carbocycles. The van der Waals surface area contributed by atoms with Gasteiger partial charge in [0.25, 0.3) is 0 Å². The number of hydrogen-bond acceptors (Lipinski definition) is 3. The Morgan fingerprint density at radius 3 is 2.68 bits per heavy atom. The van der Waals surface area contributed by atoms with E-state index in [-0.39, 0.29) is 0 Å². The first-order valence-electron chi connectivity index (χ1n) is 8.89. The molecule has 2 aromatic rings. The SMILES string of the molecule is CCOCCCNC(=NCc1cnn(C)c1)NCCc1ccccc1. The lowest BCUT2D eigenvalue weighted by molar-refractivity contribution is 0.145. The molecule has 0 fully saturated rings. The molecule has 1 aromatic carbocycles. The summed E-state index contributed by atoms with van der Waals surface area (Å²) in [7, 11) is 1.91. The maximum Gasteiger partial charge on any atom is 0.191 e. The molecule has 0 saturated heterocycles. The van der Waals surface area contributed by atoms with Gasteiger partial charge in [0.1, 0.15) is 0 Å². The molecule has 0 aliphatic rings. The van der Waals surface area contributed by atoms with Crippen LogP contribution >= 0.6 is 0 Å². The summed E-state index contributed by atoms with van der Waals surface area (Å²) in [5, 5.41) is 11.0. The third-order valence-corrected chi connectivity index (χ3v) is 3.69. The lowest BCUT2D eigenvalue weighted by Gasteiger charge is -2.12. The quantitative estimate of drug-likeness (QED) is 0.394. The van der Waals surface area contributed by atoms with Crippen molar-refractivity contribution in [3.05, 3.63) is 53.9 Å². The Morgan fingerprint density at radius 1 is 1.16 bits per heavy atom. The molecule has 2 rings (SSSR count). The van der Waals surface area contributed by atoms with E-state index in [1.54, 1.807) is 4.68 Å². The number of aliphatic imine (C=N–C) groups is 1. The molecule has 0 aliphatic heterocycles. The van der Waals surface area contributed by atoms with Crippen LogP contribution in [0.2, 0.25) is 0 Å². The molecular weight excluding hydrogens is 314 g/mol. The van der Waals surface area contributed by atoms with E-state index in [0.717, 1.165) is 50.7 Å². The Hall–Kier alpha value is -2.34. The molecule has 0 saturated carbocycles. The molecule has 0 radical (unpaired) electrons. The highest BCUT2D eigenvalue weighted by atomic mass is 16.5. The summed E-state index contributed by atoms with van der Waals surface area (Å²) in [5.74, 6) is 0.830. The minimum absolute atomic E-state index is 0.611. The van der Waals surface area contributed by atoms with Crippen molar-refractivity contribution >= 4 is 5.96 Å². The predicted molar refractivity (Wildman–Crippen MR) is 102 cm³/mol. The molecule has 6 heteroatoms. The molecule has 2 N–H and O–H groups in total. The van der Waals surface area contributed by atoms with E-state index in [2.05, 4.69) is 45.0 Å². The zero-order valence-corrected chi connectivity index (χ0v) is 15.2. The number of guanidine groups is 1. The Bertz CT molecular complexity index is 624. The third kappa shape index (κ3) is 7.85. The first-order valence-corrected chi connectivity index (χ1v) is 8.89. The highest BCUT2D eigenvalue weighted by Gasteiger charge is 2.01. The second-order valence-corrected chi connectivity index (χ2v) is 5.83. The Morgan fingerprint density at radius 2 is 1.96 bits per heavy atom. The lowest BCUT2D eigenvalue weighted by Crippen LogP contribution is -2.39. The predicted octanol–water partition coefficient (Wildman–Crippen LogP) is 2.12. The van der Waals surface area contributed by atoms with E-state index in [0.29, 0.717) is 6.54 Å². The van der Waals surface area contributed by atoms with Crippen molar-refractivity contribution in [1.29, 1.82) is 0 Å². The molecule has 1 heterocycles. The Kier molecular flexibility index (Phi) is 8.55. The topological polar surface area (TPSA) is 63.5 Å². The summed E-state index contributed by atoms with van der Waals surface area (Å²) in [4.78, 5) is 4.66. The molecule has 0 spiro atoms. The summed E-state index contributed by atoms with van der Waals surface area (Å²) in [5.41, 5.74) is 2.42. The average molecular weight is 343 g/mol. The van der Waals surface area contributed by atoms with E-state index >= 15 is 0 Å². The van der Waals surface area contributed by atoms with Gasteiger partial charge in [-0.3, -0.25) is 4.68 Å². The van der Waals surface area contributed by atoms with E-state index in [4.69, 9.17) is 4.74 Å². The highest BCUT2D eigenvalue weighted by Crippen LogP contribution is 2.00. The molecule has 0 atom stereocenters. The van der Waals surface area contributed by atoms with Gasteiger partial charge >= 0.3 is 0 Å². The van der Waals surface area contributed by atoms with Crippen LogP contribution in [0.5, 0.6) is 0 Å². The van der Waals surface area contributed by atoms with Gasteiger partial charge in [0.15, 0.2) is 5.96 Å². The smallest absolute Gasteiger partial charge is 0.191 e. The maximum absolute atomic E-state index is 5.38. The first kappa shape index (κ1) is 19.0. The largest absolute Gasteiger partial charge is 0.382 e. The monoisotopic (exact) mass is 343 g/mol. The summed E-state index contributed by atoms with van der Waals surface area (Å²) < 4.78 is 7.17. The van der Waals surface area contributed by atoms with Crippen molar-refractivity contribution in [3.63, 3.8) is 0 Å². The van der Waals surface area contributed by atoms with Gasteiger partial charge in [0.05, 0.1) is 12.7 Å². The van der Waals surface area contributed by atoms with Crippen molar-refractivity contribution in [1.82, 2.24) is 20.4 Å². The van der Waals surface area contributed by atoms with Crippen molar-refractivity contribution in [2.24, 2.45) is 12.0 Å². The molecule has 136 valence electrons. The number of aromatic nitrogens is 2. The van der Waals surface area contributed by atoms with Crippen molar-refractivity contribution in [2.75, 3.05) is 26.3 Å². The summed E-state index contributed by atoms with van der Waals surface area (Å²) >= 11 is 0. The molecule has 0 unspecified atom stereocenters. The number of ether oxygens (including phenoxy) is 1. The normalized spacial score (nSPS) is 11.5. The van der Waals surface area contributed by atoms with Crippen LogP contribution in [0, 0.1) is 0 Å². The summed E-state index contributed by atoms with van der Waals surface area (Å²) in [6.07, 6.45) is 5.76. The van der Waals surface area contributed by atoms with Crippen molar-refractivity contribution in [3.8, 4) is 0 Å². The van der Waals surface area contributed by atoms with Crippen LogP contribution in [0.3, 0.4) is 0 Å². The van der Waals surface area contributed by atoms with Gasteiger partial charge in [-0.1, -0.05) is 30.3 Å². The van der Waals surface area contributed by atoms with Crippen LogP contribution in [0.1, 0.15) is 24.5 Å². The summed E-state index contributed by atoms with van der Waals surface area (Å²) in [6, 6.07) is 10.5. The number of nitrogens with one attached hydrogen (secondary N) is 2. The van der Waals surface area contributed by atoms with Gasteiger partial charge in [-0.2, -0.15) is 5.10 Å². The van der Waals surface area contributed by atoms with Crippen LogP contribution in [0.15, 0.2) is 47.7 Å². The molecule has 1 aromatic heterocycles. The lowest BCUT2D eigenvalue weighted by atomic mass is 10.1. The number of benzene rings is 1. The van der Waals surface area contributed by atoms with Gasteiger partial charge in [-0.15, -0.1) is 0 Å².